The van der Waals surface area contributed by atoms with Crippen LogP contribution in [0.3, 0.4) is 0 Å². The van der Waals surface area contributed by atoms with E-state index in [9.17, 15) is 14.9 Å². The molecule has 0 spiro atoms. The Kier molecular flexibility index (Phi) is 5.92. The molecule has 3 amide bonds. The Balaban J connectivity index is 1.54. The van der Waals surface area contributed by atoms with Gasteiger partial charge in [-0.1, -0.05) is 66.2 Å². The normalized spacial score (nSPS) is 14.3. The Bertz CT molecular complexity index is 1550. The molecule has 1 fully saturated rings. The summed E-state index contributed by atoms with van der Waals surface area (Å²) in [5.74, 6) is 0.0261. The molecule has 1 aliphatic heterocycles. The highest BCUT2D eigenvalue weighted by molar-refractivity contribution is 6.32. The van der Waals surface area contributed by atoms with Gasteiger partial charge in [0.05, 0.1) is 17.3 Å². The summed E-state index contributed by atoms with van der Waals surface area (Å²) in [6.45, 7) is 0.174. The van der Waals surface area contributed by atoms with Gasteiger partial charge in [0.15, 0.2) is 0 Å². The van der Waals surface area contributed by atoms with Crippen molar-refractivity contribution in [3.8, 4) is 11.8 Å². The number of benzene rings is 4. The van der Waals surface area contributed by atoms with Crippen molar-refractivity contribution in [1.82, 2.24) is 5.32 Å². The maximum absolute atomic E-state index is 13.2. The predicted octanol–water partition coefficient (Wildman–Crippen LogP) is 6.04. The SMILES string of the molecule is N#Cc1ccccc1COc1ccc2ccccc2c1/C=C1/NC(=O)N(c2cccc(Cl)c2)C1=O. The van der Waals surface area contributed by atoms with Crippen LogP contribution in [0.5, 0.6) is 5.75 Å². The zero-order valence-electron chi connectivity index (χ0n) is 18.4. The highest BCUT2D eigenvalue weighted by Gasteiger charge is 2.35. The first-order chi connectivity index (χ1) is 17.0. The molecule has 35 heavy (non-hydrogen) atoms. The molecule has 0 bridgehead atoms. The van der Waals surface area contributed by atoms with Crippen molar-refractivity contribution in [2.75, 3.05) is 4.90 Å². The molecule has 0 aromatic heterocycles. The van der Waals surface area contributed by atoms with E-state index < -0.39 is 11.9 Å². The number of nitrogens with zero attached hydrogens (tertiary/aromatic N) is 2. The molecule has 7 heteroatoms. The van der Waals surface area contributed by atoms with E-state index in [1.54, 1.807) is 42.5 Å². The van der Waals surface area contributed by atoms with Crippen LogP contribution in [0, 0.1) is 11.3 Å². The second-order valence-electron chi connectivity index (χ2n) is 7.86. The number of ether oxygens (including phenoxy) is 1. The van der Waals surface area contributed by atoms with E-state index in [1.165, 1.54) is 0 Å². The van der Waals surface area contributed by atoms with Gasteiger partial charge in [-0.15, -0.1) is 0 Å². The van der Waals surface area contributed by atoms with Crippen molar-refractivity contribution >= 4 is 46.1 Å². The molecule has 5 rings (SSSR count). The molecule has 0 unspecified atom stereocenters. The summed E-state index contributed by atoms with van der Waals surface area (Å²) < 4.78 is 6.12. The van der Waals surface area contributed by atoms with Gasteiger partial charge in [0.25, 0.3) is 5.91 Å². The van der Waals surface area contributed by atoms with Crippen molar-refractivity contribution in [1.29, 1.82) is 5.26 Å². The maximum Gasteiger partial charge on any atom is 0.333 e. The minimum Gasteiger partial charge on any atom is -0.488 e. The lowest BCUT2D eigenvalue weighted by molar-refractivity contribution is -0.113. The average molecular weight is 480 g/mol. The van der Waals surface area contributed by atoms with Gasteiger partial charge in [0.1, 0.15) is 18.1 Å². The van der Waals surface area contributed by atoms with Gasteiger partial charge in [-0.2, -0.15) is 5.26 Å². The van der Waals surface area contributed by atoms with Gasteiger partial charge in [-0.3, -0.25) is 4.79 Å². The van der Waals surface area contributed by atoms with Gasteiger partial charge in [0, 0.05) is 16.1 Å². The van der Waals surface area contributed by atoms with Crippen molar-refractivity contribution in [2.45, 2.75) is 6.61 Å². The third-order valence-electron chi connectivity index (χ3n) is 5.68. The number of hydrogen-bond donors (Lipinski definition) is 1. The standard InChI is InChI=1S/C28H18ClN3O3/c29-21-9-5-10-22(14-21)32-27(33)25(31-28(32)34)15-24-23-11-4-3-6-18(23)12-13-26(24)35-17-20-8-2-1-7-19(20)16-30/h1-15H,17H2,(H,31,34)/b25-15+. The minimum atomic E-state index is -0.561. The number of hydrogen-bond acceptors (Lipinski definition) is 4. The first-order valence-corrected chi connectivity index (χ1v) is 11.2. The number of amides is 3. The molecule has 4 aromatic carbocycles. The molecule has 1 heterocycles. The van der Waals surface area contributed by atoms with Crippen LogP contribution < -0.4 is 15.0 Å². The molecule has 170 valence electrons. The van der Waals surface area contributed by atoms with Crippen LogP contribution in [0.2, 0.25) is 5.02 Å². The quantitative estimate of drug-likeness (QED) is 0.279. The highest BCUT2D eigenvalue weighted by atomic mass is 35.5. The zero-order chi connectivity index (χ0) is 24.4. The minimum absolute atomic E-state index is 0.119. The predicted molar refractivity (Wildman–Crippen MR) is 135 cm³/mol. The summed E-state index contributed by atoms with van der Waals surface area (Å²) in [5.41, 5.74) is 2.43. The Hall–Kier alpha value is -4.60. The molecular formula is C28H18ClN3O3. The lowest BCUT2D eigenvalue weighted by atomic mass is 10.0. The van der Waals surface area contributed by atoms with Gasteiger partial charge in [-0.25, -0.2) is 9.69 Å². The molecule has 0 radical (unpaired) electrons. The van der Waals surface area contributed by atoms with E-state index in [-0.39, 0.29) is 12.3 Å². The van der Waals surface area contributed by atoms with Crippen molar-refractivity contribution in [3.05, 3.63) is 112 Å². The van der Waals surface area contributed by atoms with Crippen LogP contribution in [-0.4, -0.2) is 11.9 Å². The number of fused-ring (bicyclic) bond motifs is 1. The summed E-state index contributed by atoms with van der Waals surface area (Å²) in [7, 11) is 0. The molecule has 0 atom stereocenters. The van der Waals surface area contributed by atoms with E-state index in [0.29, 0.717) is 27.6 Å². The molecule has 1 saturated heterocycles. The fourth-order valence-electron chi connectivity index (χ4n) is 3.99. The second kappa shape index (κ2) is 9.34. The van der Waals surface area contributed by atoms with E-state index in [2.05, 4.69) is 11.4 Å². The molecule has 0 aliphatic carbocycles. The number of urea groups is 1. The van der Waals surface area contributed by atoms with Crippen molar-refractivity contribution in [2.24, 2.45) is 0 Å². The number of anilines is 1. The van der Waals surface area contributed by atoms with Gasteiger partial charge in [-0.05, 0) is 47.2 Å². The summed E-state index contributed by atoms with van der Waals surface area (Å²) in [6.07, 6.45) is 1.62. The van der Waals surface area contributed by atoms with Crippen molar-refractivity contribution < 1.29 is 14.3 Å². The first-order valence-electron chi connectivity index (χ1n) is 10.8. The number of nitrogens with one attached hydrogen (secondary N) is 1. The number of carbonyl (C=O) groups is 2. The molecule has 1 aliphatic rings. The fourth-order valence-corrected chi connectivity index (χ4v) is 4.17. The van der Waals surface area contributed by atoms with Crippen LogP contribution in [-0.2, 0) is 11.4 Å². The lowest BCUT2D eigenvalue weighted by Crippen LogP contribution is -2.30. The van der Waals surface area contributed by atoms with Crippen LogP contribution >= 0.6 is 11.6 Å². The van der Waals surface area contributed by atoms with Crippen LogP contribution in [0.4, 0.5) is 10.5 Å². The lowest BCUT2D eigenvalue weighted by Gasteiger charge is -2.14. The third kappa shape index (κ3) is 4.33. The number of nitriles is 1. The Morgan fingerprint density at radius 2 is 1.77 bits per heavy atom. The summed E-state index contributed by atoms with van der Waals surface area (Å²) in [6, 6.07) is 26.8. The summed E-state index contributed by atoms with van der Waals surface area (Å²) in [5, 5.41) is 14.3. The topological polar surface area (TPSA) is 82.4 Å². The van der Waals surface area contributed by atoms with Gasteiger partial charge in [0.2, 0.25) is 0 Å². The second-order valence-corrected chi connectivity index (χ2v) is 8.30. The first kappa shape index (κ1) is 22.2. The number of halogens is 1. The Labute approximate surface area is 206 Å². The average Bonchev–Trinajstić information content (AvgIpc) is 3.16. The zero-order valence-corrected chi connectivity index (χ0v) is 19.1. The van der Waals surface area contributed by atoms with Gasteiger partial charge < -0.3 is 10.1 Å². The van der Waals surface area contributed by atoms with E-state index in [1.807, 2.05) is 48.5 Å². The third-order valence-corrected chi connectivity index (χ3v) is 5.92. The van der Waals surface area contributed by atoms with Crippen LogP contribution in [0.1, 0.15) is 16.7 Å². The van der Waals surface area contributed by atoms with E-state index in [0.717, 1.165) is 21.2 Å². The summed E-state index contributed by atoms with van der Waals surface area (Å²) in [4.78, 5) is 26.9. The molecular weight excluding hydrogens is 462 g/mol. The van der Waals surface area contributed by atoms with E-state index >= 15 is 0 Å². The molecule has 1 N–H and O–H groups in total. The van der Waals surface area contributed by atoms with Crippen molar-refractivity contribution in [3.63, 3.8) is 0 Å². The number of rotatable bonds is 5. The number of carbonyl (C=O) groups excluding carboxylic acids is 2. The Morgan fingerprint density at radius 3 is 2.60 bits per heavy atom. The summed E-state index contributed by atoms with van der Waals surface area (Å²) >= 11 is 6.06. The van der Waals surface area contributed by atoms with E-state index in [4.69, 9.17) is 16.3 Å². The smallest absolute Gasteiger partial charge is 0.333 e. The molecule has 0 saturated carbocycles. The fraction of sp³-hybridized carbons (Fsp3) is 0.0357. The van der Waals surface area contributed by atoms with Crippen LogP contribution in [0.25, 0.3) is 16.8 Å². The largest absolute Gasteiger partial charge is 0.488 e. The van der Waals surface area contributed by atoms with Gasteiger partial charge >= 0.3 is 6.03 Å². The maximum atomic E-state index is 13.2. The van der Waals surface area contributed by atoms with Crippen LogP contribution in [0.15, 0.2) is 90.6 Å². The molecule has 6 nitrogen and oxygen atoms in total. The molecule has 4 aromatic rings. The highest BCUT2D eigenvalue weighted by Crippen LogP contribution is 2.32. The number of imide groups is 1. The monoisotopic (exact) mass is 479 g/mol. The Morgan fingerprint density at radius 1 is 0.971 bits per heavy atom.